The van der Waals surface area contributed by atoms with E-state index in [0.29, 0.717) is 6.04 Å². The van der Waals surface area contributed by atoms with Gasteiger partial charge >= 0.3 is 0 Å². The molecule has 3 aromatic rings. The lowest BCUT2D eigenvalue weighted by atomic mass is 10.1. The quantitative estimate of drug-likeness (QED) is 0.771. The first kappa shape index (κ1) is 15.0. The highest BCUT2D eigenvalue weighted by Crippen LogP contribution is 2.14. The lowest BCUT2D eigenvalue weighted by Gasteiger charge is -2.23. The predicted octanol–water partition coefficient (Wildman–Crippen LogP) is 1.53. The van der Waals surface area contributed by atoms with Crippen molar-refractivity contribution >= 4 is 0 Å². The third-order valence-electron chi connectivity index (χ3n) is 4.43. The Kier molecular flexibility index (Phi) is 4.08. The summed E-state index contributed by atoms with van der Waals surface area (Å²) in [6.45, 7) is 3.85. The Bertz CT molecular complexity index is 789. The second-order valence-corrected chi connectivity index (χ2v) is 6.10. The third kappa shape index (κ3) is 3.07. The Labute approximate surface area is 140 Å². The van der Waals surface area contributed by atoms with Gasteiger partial charge in [-0.15, -0.1) is 0 Å². The van der Waals surface area contributed by atoms with Crippen LogP contribution in [0.2, 0.25) is 0 Å². The van der Waals surface area contributed by atoms with Gasteiger partial charge in [0.2, 0.25) is 0 Å². The second-order valence-electron chi connectivity index (χ2n) is 6.10. The Morgan fingerprint density at radius 2 is 2.12 bits per heavy atom. The van der Waals surface area contributed by atoms with Crippen molar-refractivity contribution in [2.75, 3.05) is 0 Å². The first-order valence-corrected chi connectivity index (χ1v) is 8.41. The fourth-order valence-corrected chi connectivity index (χ4v) is 3.05. The number of hydrogen-bond acceptors (Lipinski definition) is 5. The largest absolute Gasteiger partial charge is 0.308 e. The minimum Gasteiger partial charge on any atom is -0.308 e. The van der Waals surface area contributed by atoms with Gasteiger partial charge in [0.1, 0.15) is 18.5 Å². The van der Waals surface area contributed by atoms with Crippen molar-refractivity contribution < 1.29 is 0 Å². The van der Waals surface area contributed by atoms with Crippen molar-refractivity contribution in [1.29, 1.82) is 0 Å². The zero-order chi connectivity index (χ0) is 16.4. The molecule has 1 aromatic carbocycles. The average Bonchev–Trinajstić information content (AvgIpc) is 3.29. The summed E-state index contributed by atoms with van der Waals surface area (Å²) < 4.78 is 3.82. The highest BCUT2D eigenvalue weighted by Gasteiger charge is 2.20. The Hall–Kier alpha value is -2.54. The van der Waals surface area contributed by atoms with Crippen LogP contribution >= 0.6 is 0 Å². The first-order chi connectivity index (χ1) is 11.8. The van der Waals surface area contributed by atoms with Gasteiger partial charge in [0.25, 0.3) is 0 Å². The van der Waals surface area contributed by atoms with Gasteiger partial charge in [0.05, 0.1) is 12.2 Å². The van der Waals surface area contributed by atoms with Gasteiger partial charge in [-0.25, -0.2) is 19.3 Å². The minimum atomic E-state index is 0.443. The number of aromatic nitrogens is 6. The molecule has 0 aliphatic carbocycles. The van der Waals surface area contributed by atoms with Crippen LogP contribution in [0.4, 0.5) is 0 Å². The fourth-order valence-electron chi connectivity index (χ4n) is 3.05. The molecule has 0 fully saturated rings. The number of fused-ring (bicyclic) bond motifs is 1. The highest BCUT2D eigenvalue weighted by molar-refractivity contribution is 5.33. The number of rotatable bonds is 5. The van der Waals surface area contributed by atoms with Gasteiger partial charge in [-0.05, 0) is 24.1 Å². The summed E-state index contributed by atoms with van der Waals surface area (Å²) in [7, 11) is 0. The maximum atomic E-state index is 4.57. The number of nitrogens with one attached hydrogen (secondary N) is 1. The van der Waals surface area contributed by atoms with E-state index in [1.165, 1.54) is 5.56 Å². The third-order valence-corrected chi connectivity index (χ3v) is 4.43. The summed E-state index contributed by atoms with van der Waals surface area (Å²) in [5.41, 5.74) is 2.28. The topological polar surface area (TPSA) is 73.5 Å². The molecule has 0 spiro atoms. The van der Waals surface area contributed by atoms with Crippen LogP contribution in [-0.2, 0) is 25.9 Å². The molecular weight excluding hydrogens is 302 g/mol. The monoisotopic (exact) mass is 323 g/mol. The Balaban J connectivity index is 1.35. The van der Waals surface area contributed by atoms with E-state index >= 15 is 0 Å². The van der Waals surface area contributed by atoms with E-state index in [1.807, 2.05) is 0 Å². The lowest BCUT2D eigenvalue weighted by Crippen LogP contribution is -2.37. The molecule has 24 heavy (non-hydrogen) atoms. The van der Waals surface area contributed by atoms with Crippen LogP contribution in [0.1, 0.15) is 30.6 Å². The van der Waals surface area contributed by atoms with Crippen LogP contribution in [0.5, 0.6) is 0 Å². The Morgan fingerprint density at radius 1 is 1.25 bits per heavy atom. The van der Waals surface area contributed by atoms with Crippen molar-refractivity contribution in [2.45, 2.75) is 45.3 Å². The summed E-state index contributed by atoms with van der Waals surface area (Å²) in [6.07, 6.45) is 6.25. The lowest BCUT2D eigenvalue weighted by molar-refractivity contribution is 0.357. The summed E-state index contributed by atoms with van der Waals surface area (Å²) >= 11 is 0. The summed E-state index contributed by atoms with van der Waals surface area (Å²) in [5, 5.41) is 12.3. The fraction of sp³-hybridized carbons (Fsp3) is 0.412. The molecular formula is C17H21N7. The highest BCUT2D eigenvalue weighted by atomic mass is 15.4. The van der Waals surface area contributed by atoms with E-state index in [0.717, 1.165) is 49.7 Å². The number of nitrogens with zero attached hydrogens (tertiary/aromatic N) is 6. The maximum absolute atomic E-state index is 4.57. The number of aryl methyl sites for hydroxylation is 2. The molecule has 0 saturated carbocycles. The molecule has 0 bridgehead atoms. The molecule has 124 valence electrons. The summed E-state index contributed by atoms with van der Waals surface area (Å²) in [5.74, 6) is 2.08. The van der Waals surface area contributed by atoms with Crippen LogP contribution < -0.4 is 5.32 Å². The molecule has 1 aliphatic heterocycles. The van der Waals surface area contributed by atoms with Crippen molar-refractivity contribution in [3.63, 3.8) is 0 Å². The molecule has 1 N–H and O–H groups in total. The van der Waals surface area contributed by atoms with Crippen molar-refractivity contribution in [1.82, 2.24) is 34.8 Å². The number of benzene rings is 1. The van der Waals surface area contributed by atoms with Crippen molar-refractivity contribution in [3.05, 3.63) is 54.1 Å². The SMILES string of the molecule is CCc1nc2n(n1)CC(NCc1ccc(-n3cncn3)cc1)CC2. The molecule has 0 amide bonds. The van der Waals surface area contributed by atoms with E-state index in [1.54, 1.807) is 17.3 Å². The van der Waals surface area contributed by atoms with Gasteiger partial charge < -0.3 is 5.32 Å². The average molecular weight is 323 g/mol. The molecule has 4 rings (SSSR count). The van der Waals surface area contributed by atoms with Gasteiger partial charge in [-0.1, -0.05) is 19.1 Å². The summed E-state index contributed by atoms with van der Waals surface area (Å²) in [6, 6.07) is 8.83. The molecule has 7 nitrogen and oxygen atoms in total. The van der Waals surface area contributed by atoms with Crippen LogP contribution in [0.15, 0.2) is 36.9 Å². The normalized spacial score (nSPS) is 17.0. The molecule has 0 radical (unpaired) electrons. The van der Waals surface area contributed by atoms with E-state index < -0.39 is 0 Å². The standard InChI is InChI=1S/C17H21N7/c1-2-16-21-17-8-5-14(10-23(17)22-16)19-9-13-3-6-15(7-4-13)24-12-18-11-20-24/h3-4,6-7,11-12,14,19H,2,5,8-10H2,1H3. The molecule has 1 unspecified atom stereocenters. The van der Waals surface area contributed by atoms with Gasteiger partial charge in [0, 0.05) is 25.4 Å². The van der Waals surface area contributed by atoms with E-state index in [9.17, 15) is 0 Å². The van der Waals surface area contributed by atoms with Gasteiger partial charge in [0.15, 0.2) is 5.82 Å². The molecule has 0 saturated heterocycles. The van der Waals surface area contributed by atoms with E-state index in [-0.39, 0.29) is 0 Å². The van der Waals surface area contributed by atoms with Gasteiger partial charge in [-0.2, -0.15) is 10.2 Å². The van der Waals surface area contributed by atoms with Crippen LogP contribution in [-0.4, -0.2) is 35.6 Å². The molecule has 3 heterocycles. The van der Waals surface area contributed by atoms with Gasteiger partial charge in [-0.3, -0.25) is 0 Å². The second kappa shape index (κ2) is 6.52. The predicted molar refractivity (Wildman–Crippen MR) is 89.7 cm³/mol. The first-order valence-electron chi connectivity index (χ1n) is 8.41. The molecule has 2 aromatic heterocycles. The molecule has 7 heteroatoms. The minimum absolute atomic E-state index is 0.443. The van der Waals surface area contributed by atoms with Crippen molar-refractivity contribution in [2.24, 2.45) is 0 Å². The maximum Gasteiger partial charge on any atom is 0.150 e. The van der Waals surface area contributed by atoms with E-state index in [4.69, 9.17) is 0 Å². The zero-order valence-corrected chi connectivity index (χ0v) is 13.8. The Morgan fingerprint density at radius 3 is 2.88 bits per heavy atom. The van der Waals surface area contributed by atoms with Crippen LogP contribution in [0.3, 0.4) is 0 Å². The smallest absolute Gasteiger partial charge is 0.150 e. The summed E-state index contributed by atoms with van der Waals surface area (Å²) in [4.78, 5) is 8.54. The zero-order valence-electron chi connectivity index (χ0n) is 13.8. The molecule has 1 aliphatic rings. The van der Waals surface area contributed by atoms with Crippen molar-refractivity contribution in [3.8, 4) is 5.69 Å². The molecule has 1 atom stereocenters. The van der Waals surface area contributed by atoms with E-state index in [2.05, 4.69) is 61.4 Å². The van der Waals surface area contributed by atoms with Crippen LogP contribution in [0.25, 0.3) is 5.69 Å². The van der Waals surface area contributed by atoms with Crippen LogP contribution in [0, 0.1) is 0 Å². The number of hydrogen-bond donors (Lipinski definition) is 1.